The van der Waals surface area contributed by atoms with Crippen LogP contribution in [0.4, 0.5) is 0 Å². The Morgan fingerprint density at radius 3 is 2.61 bits per heavy atom. The second-order valence-corrected chi connectivity index (χ2v) is 5.16. The van der Waals surface area contributed by atoms with Gasteiger partial charge >= 0.3 is 0 Å². The van der Waals surface area contributed by atoms with Crippen LogP contribution in [0.5, 0.6) is 0 Å². The summed E-state index contributed by atoms with van der Waals surface area (Å²) < 4.78 is 5.28. The lowest BCUT2D eigenvalue weighted by atomic mass is 10.0. The molecule has 0 amide bonds. The summed E-state index contributed by atoms with van der Waals surface area (Å²) in [5.41, 5.74) is 0.528. The van der Waals surface area contributed by atoms with E-state index in [1.807, 2.05) is 6.92 Å². The normalized spacial score (nSPS) is 18.6. The van der Waals surface area contributed by atoms with Gasteiger partial charge in [-0.25, -0.2) is 0 Å². The molecule has 1 aromatic rings. The lowest BCUT2D eigenvalue weighted by molar-refractivity contribution is 0.0208. The number of carbonyl (C=O) groups is 1. The summed E-state index contributed by atoms with van der Waals surface area (Å²) in [5, 5.41) is 0.947. The fraction of sp³-hybridized carbons (Fsp3) is 0.462. The van der Waals surface area contributed by atoms with Gasteiger partial charge in [-0.1, -0.05) is 23.2 Å². The summed E-state index contributed by atoms with van der Waals surface area (Å²) in [6.45, 7) is 4.80. The standard InChI is InChI=1S/C13H15Cl2NO2/c1-9(16-4-6-18-7-5-16)13(17)11-3-2-10(14)8-12(11)15/h2-3,8-9H,4-7H2,1H3. The average Bonchev–Trinajstić information content (AvgIpc) is 2.38. The van der Waals surface area contributed by atoms with Gasteiger partial charge in [-0.2, -0.15) is 0 Å². The highest BCUT2D eigenvalue weighted by Gasteiger charge is 2.25. The zero-order chi connectivity index (χ0) is 13.1. The van der Waals surface area contributed by atoms with Crippen molar-refractivity contribution in [2.45, 2.75) is 13.0 Å². The molecule has 1 saturated heterocycles. The number of rotatable bonds is 3. The number of hydrogen-bond acceptors (Lipinski definition) is 3. The molecule has 3 nitrogen and oxygen atoms in total. The Morgan fingerprint density at radius 1 is 1.33 bits per heavy atom. The smallest absolute Gasteiger partial charge is 0.181 e. The van der Waals surface area contributed by atoms with E-state index in [2.05, 4.69) is 4.90 Å². The van der Waals surface area contributed by atoms with Gasteiger partial charge in [0.25, 0.3) is 0 Å². The molecule has 0 aliphatic carbocycles. The van der Waals surface area contributed by atoms with Gasteiger partial charge < -0.3 is 4.74 Å². The molecule has 2 rings (SSSR count). The quantitative estimate of drug-likeness (QED) is 0.801. The van der Waals surface area contributed by atoms with Gasteiger partial charge in [-0.15, -0.1) is 0 Å². The molecule has 1 heterocycles. The average molecular weight is 288 g/mol. The molecule has 1 fully saturated rings. The predicted octanol–water partition coefficient (Wildman–Crippen LogP) is 2.90. The van der Waals surface area contributed by atoms with Crippen LogP contribution in [0, 0.1) is 0 Å². The molecule has 0 N–H and O–H groups in total. The first-order chi connectivity index (χ1) is 8.59. The van der Waals surface area contributed by atoms with Crippen LogP contribution < -0.4 is 0 Å². The molecule has 0 aromatic heterocycles. The van der Waals surface area contributed by atoms with E-state index in [-0.39, 0.29) is 11.8 Å². The van der Waals surface area contributed by atoms with Crippen molar-refractivity contribution < 1.29 is 9.53 Å². The lowest BCUT2D eigenvalue weighted by Gasteiger charge is -2.31. The van der Waals surface area contributed by atoms with Gasteiger partial charge in [0.1, 0.15) is 0 Å². The van der Waals surface area contributed by atoms with Crippen LogP contribution >= 0.6 is 23.2 Å². The minimum atomic E-state index is -0.187. The summed E-state index contributed by atoms with van der Waals surface area (Å²) in [6.07, 6.45) is 0. The van der Waals surface area contributed by atoms with Crippen LogP contribution in [0.1, 0.15) is 17.3 Å². The Labute approximate surface area is 117 Å². The minimum absolute atomic E-state index is 0.0265. The van der Waals surface area contributed by atoms with E-state index in [4.69, 9.17) is 27.9 Å². The van der Waals surface area contributed by atoms with Crippen molar-refractivity contribution in [3.63, 3.8) is 0 Å². The van der Waals surface area contributed by atoms with E-state index in [9.17, 15) is 4.79 Å². The van der Waals surface area contributed by atoms with Gasteiger partial charge in [-0.3, -0.25) is 9.69 Å². The molecule has 0 radical (unpaired) electrons. The Morgan fingerprint density at radius 2 is 2.00 bits per heavy atom. The molecular weight excluding hydrogens is 273 g/mol. The number of carbonyl (C=O) groups excluding carboxylic acids is 1. The van der Waals surface area contributed by atoms with E-state index < -0.39 is 0 Å². The van der Waals surface area contributed by atoms with Gasteiger partial charge in [0.2, 0.25) is 0 Å². The van der Waals surface area contributed by atoms with Crippen molar-refractivity contribution in [1.82, 2.24) is 4.90 Å². The zero-order valence-corrected chi connectivity index (χ0v) is 11.7. The minimum Gasteiger partial charge on any atom is -0.379 e. The Bertz CT molecular complexity index is 445. The highest BCUT2D eigenvalue weighted by molar-refractivity contribution is 6.37. The SMILES string of the molecule is CC(C(=O)c1ccc(Cl)cc1Cl)N1CCOCC1. The third-order valence-corrected chi connectivity index (χ3v) is 3.72. The number of benzene rings is 1. The Balaban J connectivity index is 2.14. The van der Waals surface area contributed by atoms with Crippen molar-refractivity contribution in [3.05, 3.63) is 33.8 Å². The van der Waals surface area contributed by atoms with Crippen LogP contribution in [-0.4, -0.2) is 43.0 Å². The van der Waals surface area contributed by atoms with Gasteiger partial charge in [0, 0.05) is 23.7 Å². The van der Waals surface area contributed by atoms with Gasteiger partial charge in [0.15, 0.2) is 5.78 Å². The molecule has 1 unspecified atom stereocenters. The van der Waals surface area contributed by atoms with Gasteiger partial charge in [0.05, 0.1) is 24.3 Å². The molecular formula is C13H15Cl2NO2. The lowest BCUT2D eigenvalue weighted by Crippen LogP contribution is -2.45. The molecule has 18 heavy (non-hydrogen) atoms. The fourth-order valence-electron chi connectivity index (χ4n) is 2.04. The van der Waals surface area contributed by atoms with E-state index in [1.165, 1.54) is 0 Å². The molecule has 0 spiro atoms. The van der Waals surface area contributed by atoms with Crippen molar-refractivity contribution in [2.24, 2.45) is 0 Å². The van der Waals surface area contributed by atoms with Crippen LogP contribution in [0.3, 0.4) is 0 Å². The van der Waals surface area contributed by atoms with Crippen LogP contribution in [0.25, 0.3) is 0 Å². The third kappa shape index (κ3) is 3.04. The summed E-state index contributed by atoms with van der Waals surface area (Å²) in [4.78, 5) is 14.5. The number of morpholine rings is 1. The molecule has 5 heteroatoms. The van der Waals surface area contributed by atoms with Crippen molar-refractivity contribution >= 4 is 29.0 Å². The first-order valence-corrected chi connectivity index (χ1v) is 6.66. The number of ether oxygens (including phenoxy) is 1. The predicted molar refractivity (Wildman–Crippen MR) is 72.6 cm³/mol. The summed E-state index contributed by atoms with van der Waals surface area (Å²) in [7, 11) is 0. The summed E-state index contributed by atoms with van der Waals surface area (Å²) in [6, 6.07) is 4.78. The van der Waals surface area contributed by atoms with E-state index in [0.29, 0.717) is 28.8 Å². The molecule has 1 atom stereocenters. The number of halogens is 2. The van der Waals surface area contributed by atoms with Crippen molar-refractivity contribution in [2.75, 3.05) is 26.3 Å². The molecule has 1 aliphatic heterocycles. The summed E-state index contributed by atoms with van der Waals surface area (Å²) >= 11 is 11.9. The van der Waals surface area contributed by atoms with Crippen LogP contribution in [0.2, 0.25) is 10.0 Å². The van der Waals surface area contributed by atoms with E-state index >= 15 is 0 Å². The van der Waals surface area contributed by atoms with Gasteiger partial charge in [-0.05, 0) is 25.1 Å². The highest BCUT2D eigenvalue weighted by Crippen LogP contribution is 2.23. The number of Topliss-reactive ketones (excluding diaryl/α,β-unsaturated/α-hetero) is 1. The second kappa shape index (κ2) is 6.02. The third-order valence-electron chi connectivity index (χ3n) is 3.17. The monoisotopic (exact) mass is 287 g/mol. The number of nitrogens with zero attached hydrogens (tertiary/aromatic N) is 1. The topological polar surface area (TPSA) is 29.5 Å². The highest BCUT2D eigenvalue weighted by atomic mass is 35.5. The number of ketones is 1. The van der Waals surface area contributed by atoms with Crippen LogP contribution in [-0.2, 0) is 4.74 Å². The number of hydrogen-bond donors (Lipinski definition) is 0. The second-order valence-electron chi connectivity index (χ2n) is 4.31. The maximum absolute atomic E-state index is 12.4. The molecule has 98 valence electrons. The van der Waals surface area contributed by atoms with Crippen LogP contribution in [0.15, 0.2) is 18.2 Å². The Kier molecular flexibility index (Phi) is 4.62. The fourth-order valence-corrected chi connectivity index (χ4v) is 2.55. The first kappa shape index (κ1) is 13.8. The first-order valence-electron chi connectivity index (χ1n) is 5.90. The largest absolute Gasteiger partial charge is 0.379 e. The Hall–Kier alpha value is -0.610. The zero-order valence-electron chi connectivity index (χ0n) is 10.2. The maximum atomic E-state index is 12.4. The molecule has 1 aromatic carbocycles. The van der Waals surface area contributed by atoms with Crippen molar-refractivity contribution in [3.8, 4) is 0 Å². The molecule has 0 saturated carbocycles. The molecule has 1 aliphatic rings. The van der Waals surface area contributed by atoms with E-state index in [0.717, 1.165) is 13.1 Å². The van der Waals surface area contributed by atoms with E-state index in [1.54, 1.807) is 18.2 Å². The summed E-state index contributed by atoms with van der Waals surface area (Å²) in [5.74, 6) is 0.0265. The van der Waals surface area contributed by atoms with Crippen molar-refractivity contribution in [1.29, 1.82) is 0 Å². The maximum Gasteiger partial charge on any atom is 0.181 e. The molecule has 0 bridgehead atoms.